The highest BCUT2D eigenvalue weighted by Gasteiger charge is 2.18. The number of benzene rings is 4. The lowest BCUT2D eigenvalue weighted by Crippen LogP contribution is -2.11. The fourth-order valence-corrected chi connectivity index (χ4v) is 6.80. The van der Waals surface area contributed by atoms with Crippen molar-refractivity contribution in [2.24, 2.45) is 5.14 Å². The van der Waals surface area contributed by atoms with Crippen molar-refractivity contribution < 1.29 is 12.8 Å². The largest absolute Gasteiger partial charge is 0.340 e. The summed E-state index contributed by atoms with van der Waals surface area (Å²) in [5.74, 6) is 0.867. The predicted molar refractivity (Wildman–Crippen MR) is 210 cm³/mol. The van der Waals surface area contributed by atoms with Crippen LogP contribution >= 0.6 is 34.8 Å². The van der Waals surface area contributed by atoms with E-state index in [1.54, 1.807) is 85.3 Å². The summed E-state index contributed by atoms with van der Waals surface area (Å²) in [6.07, 6.45) is 6.38. The van der Waals surface area contributed by atoms with E-state index in [9.17, 15) is 8.42 Å². The minimum atomic E-state index is -3.87. The van der Waals surface area contributed by atoms with Crippen molar-refractivity contribution in [2.45, 2.75) is 4.90 Å². The van der Waals surface area contributed by atoms with E-state index in [0.29, 0.717) is 77.4 Å². The van der Waals surface area contributed by atoms with Gasteiger partial charge in [0.1, 0.15) is 17.5 Å². The zero-order valence-corrected chi connectivity index (χ0v) is 30.6. The summed E-state index contributed by atoms with van der Waals surface area (Å²) in [5, 5.41) is 13.9. The second kappa shape index (κ2) is 14.2. The van der Waals surface area contributed by atoms with Crippen LogP contribution in [0.4, 0.5) is 27.4 Å². The topological polar surface area (TPSA) is 162 Å². The summed E-state index contributed by atoms with van der Waals surface area (Å²) in [6.45, 7) is 0. The van der Waals surface area contributed by atoms with Crippen LogP contribution < -0.4 is 15.8 Å². The van der Waals surface area contributed by atoms with Crippen molar-refractivity contribution in [3.8, 4) is 33.9 Å². The highest BCUT2D eigenvalue weighted by molar-refractivity contribution is 7.89. The highest BCUT2D eigenvalue weighted by atomic mass is 35.5. The zero-order valence-electron chi connectivity index (χ0n) is 27.5. The van der Waals surface area contributed by atoms with Crippen molar-refractivity contribution in [3.05, 3.63) is 137 Å². The number of halogens is 4. The number of nitrogens with two attached hydrogens (primary N) is 1. The molecule has 4 aromatic carbocycles. The van der Waals surface area contributed by atoms with Gasteiger partial charge in [-0.05, 0) is 91.0 Å². The molecule has 0 spiro atoms. The van der Waals surface area contributed by atoms with Crippen molar-refractivity contribution in [1.29, 1.82) is 0 Å². The molecule has 0 aliphatic rings. The van der Waals surface area contributed by atoms with Gasteiger partial charge in [0, 0.05) is 79.2 Å². The molecule has 4 N–H and O–H groups in total. The highest BCUT2D eigenvalue weighted by Crippen LogP contribution is 2.36. The Morgan fingerprint density at radius 3 is 1.81 bits per heavy atom. The van der Waals surface area contributed by atoms with E-state index in [0.717, 1.165) is 0 Å². The lowest BCUT2D eigenvalue weighted by molar-refractivity contribution is 0.598. The molecule has 0 radical (unpaired) electrons. The quantitative estimate of drug-likeness (QED) is 0.135. The molecule has 16 heteroatoms. The van der Waals surface area contributed by atoms with Gasteiger partial charge in [0.15, 0.2) is 11.6 Å². The lowest BCUT2D eigenvalue weighted by Gasteiger charge is -2.14. The second-order valence-corrected chi connectivity index (χ2v) is 14.8. The number of hydrogen-bond donors (Lipinski definition) is 3. The number of aromatic nitrogens is 6. The van der Waals surface area contributed by atoms with E-state index in [4.69, 9.17) is 54.9 Å². The van der Waals surface area contributed by atoms with E-state index >= 15 is 4.39 Å². The number of pyridine rings is 2. The first-order chi connectivity index (χ1) is 26.0. The molecule has 8 aromatic rings. The molecule has 0 fully saturated rings. The van der Waals surface area contributed by atoms with Crippen LogP contribution in [0.2, 0.25) is 15.1 Å². The van der Waals surface area contributed by atoms with Crippen molar-refractivity contribution in [3.63, 3.8) is 0 Å². The maximum absolute atomic E-state index is 15.8. The van der Waals surface area contributed by atoms with Crippen molar-refractivity contribution >= 4 is 89.6 Å². The van der Waals surface area contributed by atoms with Gasteiger partial charge in [-0.3, -0.25) is 9.97 Å². The zero-order chi connectivity index (χ0) is 37.6. The molecule has 0 bridgehead atoms. The summed E-state index contributed by atoms with van der Waals surface area (Å²) in [5.41, 5.74) is 3.82. The van der Waals surface area contributed by atoms with Gasteiger partial charge >= 0.3 is 0 Å². The molecule has 0 unspecified atom stereocenters. The number of hydrogen-bond acceptors (Lipinski definition) is 10. The predicted octanol–water partition coefficient (Wildman–Crippen LogP) is 9.60. The van der Waals surface area contributed by atoms with Gasteiger partial charge in [0.2, 0.25) is 10.0 Å². The Kier molecular flexibility index (Phi) is 9.26. The monoisotopic (exact) mass is 793 g/mol. The average Bonchev–Trinajstić information content (AvgIpc) is 3.16. The number of anilines is 4. The molecule has 11 nitrogen and oxygen atoms in total. The Hall–Kier alpha value is -5.83. The molecule has 4 heterocycles. The molecule has 0 saturated carbocycles. The Balaban J connectivity index is 1.18. The van der Waals surface area contributed by atoms with Gasteiger partial charge in [-0.15, -0.1) is 0 Å². The van der Waals surface area contributed by atoms with Gasteiger partial charge in [0.25, 0.3) is 0 Å². The molecule has 4 aromatic heterocycles. The first-order valence-corrected chi connectivity index (χ1v) is 18.6. The summed E-state index contributed by atoms with van der Waals surface area (Å²) in [4.78, 5) is 27.5. The summed E-state index contributed by atoms with van der Waals surface area (Å²) >= 11 is 19.1. The number of fused-ring (bicyclic) bond motifs is 2. The molecule has 0 amide bonds. The van der Waals surface area contributed by atoms with E-state index in [1.165, 1.54) is 24.4 Å². The van der Waals surface area contributed by atoms with E-state index in [1.807, 2.05) is 6.07 Å². The molecule has 0 saturated heterocycles. The summed E-state index contributed by atoms with van der Waals surface area (Å²) in [6, 6.07) is 24.7. The normalized spacial score (nSPS) is 11.6. The van der Waals surface area contributed by atoms with Crippen LogP contribution in [0.3, 0.4) is 0 Å². The third-order valence-corrected chi connectivity index (χ3v) is 9.96. The van der Waals surface area contributed by atoms with Crippen LogP contribution in [0.5, 0.6) is 0 Å². The molecule has 0 aliphatic heterocycles. The van der Waals surface area contributed by atoms with Crippen LogP contribution in [-0.4, -0.2) is 38.3 Å². The maximum Gasteiger partial charge on any atom is 0.238 e. The van der Waals surface area contributed by atoms with Gasteiger partial charge in [0.05, 0.1) is 21.0 Å². The molecular weight excluding hydrogens is 772 g/mol. The smallest absolute Gasteiger partial charge is 0.238 e. The Morgan fingerprint density at radius 2 is 1.20 bits per heavy atom. The Bertz CT molecular complexity index is 2870. The first kappa shape index (κ1) is 35.2. The third kappa shape index (κ3) is 7.23. The SMILES string of the molecule is NS(=O)(=O)c1ccc(Nc2nc(-c3cncc(-c4cc(Nc5nc(-c6cccnc6)nc6cc(Cl)ccc56)cc(Cl)c4F)c3)nc3cc(Cl)ccc23)cc1. The number of nitrogens with one attached hydrogen (secondary N) is 2. The minimum absolute atomic E-state index is 0.0349. The molecular formula is C38H23Cl3FN9O2S. The fraction of sp³-hybridized carbons (Fsp3) is 0. The van der Waals surface area contributed by atoms with E-state index < -0.39 is 15.8 Å². The van der Waals surface area contributed by atoms with E-state index in [-0.39, 0.29) is 21.3 Å². The van der Waals surface area contributed by atoms with Crippen LogP contribution in [0.25, 0.3) is 55.7 Å². The number of nitrogens with zero attached hydrogens (tertiary/aromatic N) is 6. The molecule has 54 heavy (non-hydrogen) atoms. The second-order valence-electron chi connectivity index (χ2n) is 12.0. The summed E-state index contributed by atoms with van der Waals surface area (Å²) < 4.78 is 39.4. The van der Waals surface area contributed by atoms with Gasteiger partial charge in [-0.25, -0.2) is 37.9 Å². The van der Waals surface area contributed by atoms with Gasteiger partial charge in [-0.2, -0.15) is 0 Å². The lowest BCUT2D eigenvalue weighted by atomic mass is 10.0. The summed E-state index contributed by atoms with van der Waals surface area (Å²) in [7, 11) is -3.87. The maximum atomic E-state index is 15.8. The van der Waals surface area contributed by atoms with E-state index in [2.05, 4.69) is 25.6 Å². The van der Waals surface area contributed by atoms with Crippen LogP contribution in [0.15, 0.2) is 121 Å². The number of rotatable bonds is 8. The number of primary sulfonamides is 1. The minimum Gasteiger partial charge on any atom is -0.340 e. The molecule has 0 atom stereocenters. The standard InChI is InChI=1S/C38H23Cl3FN9O2S/c39-23-4-10-29-32(13-23)48-35(20-2-1-11-44-17-20)50-38(29)47-26-15-30(34(42)31(41)16-26)21-12-22(19-45-18-21)36-49-33-14-24(40)3-9-28(33)37(51-36)46-25-5-7-27(8-6-25)54(43,52)53/h1-19H,(H2,43,52,53)(H,46,49,51)(H,47,48,50). The van der Waals surface area contributed by atoms with Crippen LogP contribution in [0.1, 0.15) is 0 Å². The molecule has 8 rings (SSSR count). The third-order valence-electron chi connectivity index (χ3n) is 8.28. The van der Waals surface area contributed by atoms with Gasteiger partial charge < -0.3 is 10.6 Å². The van der Waals surface area contributed by atoms with Crippen molar-refractivity contribution in [2.75, 3.05) is 10.6 Å². The Labute approximate surface area is 322 Å². The fourth-order valence-electron chi connectivity index (χ4n) is 5.73. The van der Waals surface area contributed by atoms with Gasteiger partial charge in [-0.1, -0.05) is 34.8 Å². The Morgan fingerprint density at radius 1 is 0.611 bits per heavy atom. The average molecular weight is 795 g/mol. The molecule has 0 aliphatic carbocycles. The van der Waals surface area contributed by atoms with Crippen LogP contribution in [-0.2, 0) is 10.0 Å². The van der Waals surface area contributed by atoms with Crippen molar-refractivity contribution in [1.82, 2.24) is 29.9 Å². The first-order valence-electron chi connectivity index (χ1n) is 16.0. The molecule has 266 valence electrons. The van der Waals surface area contributed by atoms with Crippen LogP contribution in [0, 0.1) is 5.82 Å². The number of sulfonamides is 1.